The topological polar surface area (TPSA) is 20.3 Å². The van der Waals surface area contributed by atoms with Crippen LogP contribution in [0, 0.1) is 5.41 Å². The van der Waals surface area contributed by atoms with Gasteiger partial charge in [0.15, 0.2) is 0 Å². The average Bonchev–Trinajstić information content (AvgIpc) is 1.87. The first-order valence-corrected chi connectivity index (χ1v) is 4.11. The summed E-state index contributed by atoms with van der Waals surface area (Å²) in [6.45, 7) is 8.94. The predicted molar refractivity (Wildman–Crippen MR) is 47.4 cm³/mol. The van der Waals surface area contributed by atoms with Crippen LogP contribution >= 0.6 is 0 Å². The Kier molecular flexibility index (Phi) is 3.56. The van der Waals surface area contributed by atoms with Gasteiger partial charge in [0.05, 0.1) is 0 Å². The lowest BCUT2D eigenvalue weighted by Crippen LogP contribution is -2.34. The van der Waals surface area contributed by atoms with Crippen LogP contribution in [0.25, 0.3) is 0 Å². The standard InChI is InChI=1S/C9H19NO/c1-6-9(3,4)7-10(5)8(2)11/h6-7H2,1-5H3. The molecule has 0 aliphatic rings. The van der Waals surface area contributed by atoms with Crippen LogP contribution < -0.4 is 0 Å². The van der Waals surface area contributed by atoms with Gasteiger partial charge in [-0.3, -0.25) is 4.79 Å². The van der Waals surface area contributed by atoms with Crippen molar-refractivity contribution in [3.8, 4) is 0 Å². The van der Waals surface area contributed by atoms with Gasteiger partial charge in [-0.25, -0.2) is 0 Å². The third-order valence-corrected chi connectivity index (χ3v) is 2.16. The summed E-state index contributed by atoms with van der Waals surface area (Å²) in [5.41, 5.74) is 0.250. The fourth-order valence-electron chi connectivity index (χ4n) is 0.865. The Morgan fingerprint density at radius 3 is 2.18 bits per heavy atom. The van der Waals surface area contributed by atoms with Crippen molar-refractivity contribution in [1.82, 2.24) is 4.90 Å². The van der Waals surface area contributed by atoms with Crippen molar-refractivity contribution in [3.63, 3.8) is 0 Å². The zero-order valence-electron chi connectivity index (χ0n) is 8.27. The molecular formula is C9H19NO. The van der Waals surface area contributed by atoms with E-state index in [2.05, 4.69) is 20.8 Å². The van der Waals surface area contributed by atoms with Gasteiger partial charge in [-0.15, -0.1) is 0 Å². The molecule has 0 fully saturated rings. The van der Waals surface area contributed by atoms with Crippen LogP contribution in [0.4, 0.5) is 0 Å². The summed E-state index contributed by atoms with van der Waals surface area (Å²) in [6, 6.07) is 0. The third-order valence-electron chi connectivity index (χ3n) is 2.16. The van der Waals surface area contributed by atoms with Crippen LogP contribution in [-0.2, 0) is 4.79 Å². The number of hydrogen-bond donors (Lipinski definition) is 0. The van der Waals surface area contributed by atoms with Crippen molar-refractivity contribution in [3.05, 3.63) is 0 Å². The quantitative estimate of drug-likeness (QED) is 0.612. The van der Waals surface area contributed by atoms with Crippen molar-refractivity contribution in [2.45, 2.75) is 34.1 Å². The molecule has 1 amide bonds. The second-order valence-corrected chi connectivity index (χ2v) is 3.89. The van der Waals surface area contributed by atoms with Crippen LogP contribution in [0.2, 0.25) is 0 Å². The molecule has 0 aromatic heterocycles. The molecule has 66 valence electrons. The molecule has 0 heterocycles. The van der Waals surface area contributed by atoms with E-state index < -0.39 is 0 Å². The van der Waals surface area contributed by atoms with Crippen molar-refractivity contribution in [2.75, 3.05) is 13.6 Å². The van der Waals surface area contributed by atoms with E-state index in [0.717, 1.165) is 13.0 Å². The number of carbonyl (C=O) groups excluding carboxylic acids is 1. The highest BCUT2D eigenvalue weighted by molar-refractivity contribution is 5.72. The first-order valence-electron chi connectivity index (χ1n) is 4.11. The van der Waals surface area contributed by atoms with Crippen LogP contribution in [-0.4, -0.2) is 24.4 Å². The molecule has 0 saturated carbocycles. The minimum absolute atomic E-state index is 0.145. The number of hydrogen-bond acceptors (Lipinski definition) is 1. The Morgan fingerprint density at radius 1 is 1.45 bits per heavy atom. The SMILES string of the molecule is CCC(C)(C)CN(C)C(C)=O. The molecule has 0 aromatic rings. The van der Waals surface area contributed by atoms with E-state index in [1.807, 2.05) is 7.05 Å². The monoisotopic (exact) mass is 157 g/mol. The maximum Gasteiger partial charge on any atom is 0.219 e. The lowest BCUT2D eigenvalue weighted by Gasteiger charge is -2.28. The summed E-state index contributed by atoms with van der Waals surface area (Å²) in [6.07, 6.45) is 1.10. The van der Waals surface area contributed by atoms with Crippen LogP contribution in [0.15, 0.2) is 0 Å². The van der Waals surface area contributed by atoms with Gasteiger partial charge in [-0.1, -0.05) is 20.8 Å². The van der Waals surface area contributed by atoms with Gasteiger partial charge in [-0.05, 0) is 11.8 Å². The third kappa shape index (κ3) is 4.02. The van der Waals surface area contributed by atoms with Crippen molar-refractivity contribution in [2.24, 2.45) is 5.41 Å². The maximum absolute atomic E-state index is 10.9. The van der Waals surface area contributed by atoms with Gasteiger partial charge in [0.1, 0.15) is 0 Å². The van der Waals surface area contributed by atoms with Gasteiger partial charge < -0.3 is 4.90 Å². The van der Waals surface area contributed by atoms with E-state index in [0.29, 0.717) is 0 Å². The van der Waals surface area contributed by atoms with Crippen molar-refractivity contribution < 1.29 is 4.79 Å². The van der Waals surface area contributed by atoms with Crippen LogP contribution in [0.5, 0.6) is 0 Å². The summed E-state index contributed by atoms with van der Waals surface area (Å²) >= 11 is 0. The first-order chi connectivity index (χ1) is 4.89. The molecule has 0 unspecified atom stereocenters. The lowest BCUT2D eigenvalue weighted by atomic mass is 9.90. The lowest BCUT2D eigenvalue weighted by molar-refractivity contribution is -0.128. The molecule has 2 heteroatoms. The summed E-state index contributed by atoms with van der Waals surface area (Å²) in [5.74, 6) is 0.145. The van der Waals surface area contributed by atoms with Crippen molar-refractivity contribution in [1.29, 1.82) is 0 Å². The number of nitrogens with zero attached hydrogens (tertiary/aromatic N) is 1. The fourth-order valence-corrected chi connectivity index (χ4v) is 0.865. The predicted octanol–water partition coefficient (Wildman–Crippen LogP) is 1.90. The Hall–Kier alpha value is -0.530. The normalized spacial score (nSPS) is 11.4. The largest absolute Gasteiger partial charge is 0.345 e. The highest BCUT2D eigenvalue weighted by Crippen LogP contribution is 2.20. The Morgan fingerprint density at radius 2 is 1.91 bits per heavy atom. The molecule has 11 heavy (non-hydrogen) atoms. The van der Waals surface area contributed by atoms with E-state index in [1.165, 1.54) is 0 Å². The highest BCUT2D eigenvalue weighted by atomic mass is 16.2. The minimum Gasteiger partial charge on any atom is -0.345 e. The molecule has 0 aliphatic heterocycles. The maximum atomic E-state index is 10.9. The average molecular weight is 157 g/mol. The summed E-state index contributed by atoms with van der Waals surface area (Å²) in [7, 11) is 1.85. The minimum atomic E-state index is 0.145. The molecule has 0 saturated heterocycles. The Bertz CT molecular complexity index is 140. The number of carbonyl (C=O) groups is 1. The Balaban J connectivity index is 3.93. The zero-order chi connectivity index (χ0) is 9.07. The summed E-state index contributed by atoms with van der Waals surface area (Å²) in [4.78, 5) is 12.6. The summed E-state index contributed by atoms with van der Waals surface area (Å²) < 4.78 is 0. The van der Waals surface area contributed by atoms with Gasteiger partial charge in [-0.2, -0.15) is 0 Å². The summed E-state index contributed by atoms with van der Waals surface area (Å²) in [5, 5.41) is 0. The second-order valence-electron chi connectivity index (χ2n) is 3.89. The Labute approximate surface area is 69.6 Å². The molecule has 0 atom stereocenters. The highest BCUT2D eigenvalue weighted by Gasteiger charge is 2.18. The molecule has 0 spiro atoms. The van der Waals surface area contributed by atoms with Crippen LogP contribution in [0.3, 0.4) is 0 Å². The van der Waals surface area contributed by atoms with Crippen molar-refractivity contribution >= 4 is 5.91 Å². The van der Waals surface area contributed by atoms with E-state index >= 15 is 0 Å². The van der Waals surface area contributed by atoms with E-state index in [4.69, 9.17) is 0 Å². The molecule has 0 aromatic carbocycles. The molecule has 0 aliphatic carbocycles. The van der Waals surface area contributed by atoms with E-state index in [1.54, 1.807) is 11.8 Å². The second kappa shape index (κ2) is 3.74. The van der Waals surface area contributed by atoms with Gasteiger partial charge >= 0.3 is 0 Å². The zero-order valence-corrected chi connectivity index (χ0v) is 8.27. The smallest absolute Gasteiger partial charge is 0.219 e. The molecule has 0 radical (unpaired) electrons. The van der Waals surface area contributed by atoms with E-state index in [9.17, 15) is 4.79 Å². The van der Waals surface area contributed by atoms with Gasteiger partial charge in [0.25, 0.3) is 0 Å². The number of amides is 1. The molecule has 0 N–H and O–H groups in total. The molecule has 0 bridgehead atoms. The number of rotatable bonds is 3. The molecular weight excluding hydrogens is 138 g/mol. The molecule has 2 nitrogen and oxygen atoms in total. The fraction of sp³-hybridized carbons (Fsp3) is 0.889. The van der Waals surface area contributed by atoms with E-state index in [-0.39, 0.29) is 11.3 Å². The molecule has 0 rings (SSSR count). The van der Waals surface area contributed by atoms with Gasteiger partial charge in [0, 0.05) is 20.5 Å². The first kappa shape index (κ1) is 10.5. The van der Waals surface area contributed by atoms with Gasteiger partial charge in [0.2, 0.25) is 5.91 Å². The van der Waals surface area contributed by atoms with Crippen LogP contribution in [0.1, 0.15) is 34.1 Å².